The minimum atomic E-state index is -1.34. The molecule has 3 aromatic rings. The molecule has 9 heteroatoms. The van der Waals surface area contributed by atoms with Gasteiger partial charge in [-0.1, -0.05) is 0 Å². The maximum absolute atomic E-state index is 13.3. The smallest absolute Gasteiger partial charge is 0.341 e. The lowest BCUT2D eigenvalue weighted by Gasteiger charge is -2.20. The molecule has 4 rings (SSSR count). The number of nitrogens with zero attached hydrogens (tertiary/aromatic N) is 4. The Kier molecular flexibility index (Phi) is 4.74. The van der Waals surface area contributed by atoms with E-state index < -0.39 is 22.8 Å². The van der Waals surface area contributed by atoms with Crippen LogP contribution in [0.5, 0.6) is 0 Å². The maximum Gasteiger partial charge on any atom is 0.341 e. The standard InChI is InChI=1S/C19H18FN5O3/c20-12-2-4-13(5-3-12)25-11-15(18(27)28)16(26)14-10-22-19(23-17(14)25)24-8-1-6-21-7-9-24/h2-5,10-11,21H,1,6-9H2,(H,27,28). The number of hydrogen-bond donors (Lipinski definition) is 2. The highest BCUT2D eigenvalue weighted by atomic mass is 19.1. The van der Waals surface area contributed by atoms with Gasteiger partial charge in [0.25, 0.3) is 0 Å². The van der Waals surface area contributed by atoms with Crippen molar-refractivity contribution < 1.29 is 14.3 Å². The lowest BCUT2D eigenvalue weighted by molar-refractivity contribution is 0.0695. The zero-order valence-electron chi connectivity index (χ0n) is 14.9. The molecule has 1 aromatic carbocycles. The molecule has 2 aromatic heterocycles. The molecule has 3 heterocycles. The Labute approximate surface area is 159 Å². The molecule has 28 heavy (non-hydrogen) atoms. The number of anilines is 1. The number of rotatable bonds is 3. The van der Waals surface area contributed by atoms with E-state index in [0.717, 1.165) is 32.6 Å². The van der Waals surface area contributed by atoms with Crippen LogP contribution in [0.3, 0.4) is 0 Å². The van der Waals surface area contributed by atoms with Crippen LogP contribution in [0, 0.1) is 5.82 Å². The molecule has 0 atom stereocenters. The summed E-state index contributed by atoms with van der Waals surface area (Å²) >= 11 is 0. The molecule has 0 amide bonds. The summed E-state index contributed by atoms with van der Waals surface area (Å²) in [5.41, 5.74) is -0.267. The lowest BCUT2D eigenvalue weighted by atomic mass is 10.2. The van der Waals surface area contributed by atoms with Crippen molar-refractivity contribution in [2.24, 2.45) is 0 Å². The Morgan fingerprint density at radius 1 is 1.18 bits per heavy atom. The largest absolute Gasteiger partial charge is 0.477 e. The Morgan fingerprint density at radius 2 is 1.96 bits per heavy atom. The van der Waals surface area contributed by atoms with Crippen LogP contribution in [0.25, 0.3) is 16.7 Å². The number of carboxylic acid groups (broad SMARTS) is 1. The van der Waals surface area contributed by atoms with Crippen LogP contribution in [0.4, 0.5) is 10.3 Å². The minimum Gasteiger partial charge on any atom is -0.477 e. The fraction of sp³-hybridized carbons (Fsp3) is 0.263. The first-order valence-corrected chi connectivity index (χ1v) is 8.92. The number of aromatic carboxylic acids is 1. The van der Waals surface area contributed by atoms with Crippen molar-refractivity contribution >= 4 is 23.0 Å². The van der Waals surface area contributed by atoms with Crippen molar-refractivity contribution in [3.05, 3.63) is 58.3 Å². The van der Waals surface area contributed by atoms with E-state index in [0.29, 0.717) is 11.6 Å². The van der Waals surface area contributed by atoms with Crippen LogP contribution in [-0.4, -0.2) is 51.8 Å². The van der Waals surface area contributed by atoms with Gasteiger partial charge in [-0.3, -0.25) is 4.79 Å². The van der Waals surface area contributed by atoms with Crippen molar-refractivity contribution in [3.8, 4) is 5.69 Å². The summed E-state index contributed by atoms with van der Waals surface area (Å²) in [7, 11) is 0. The first-order chi connectivity index (χ1) is 13.5. The predicted octanol–water partition coefficient (Wildman–Crippen LogP) is 1.42. The van der Waals surface area contributed by atoms with Gasteiger partial charge in [-0.2, -0.15) is 4.98 Å². The summed E-state index contributed by atoms with van der Waals surface area (Å²) in [5.74, 6) is -1.29. The fourth-order valence-electron chi connectivity index (χ4n) is 3.25. The summed E-state index contributed by atoms with van der Waals surface area (Å²) < 4.78 is 14.8. The minimum absolute atomic E-state index is 0.0981. The number of nitrogens with one attached hydrogen (secondary N) is 1. The second kappa shape index (κ2) is 7.35. The molecule has 0 aliphatic carbocycles. The Morgan fingerprint density at radius 3 is 2.71 bits per heavy atom. The van der Waals surface area contributed by atoms with Crippen LogP contribution in [-0.2, 0) is 0 Å². The normalized spacial score (nSPS) is 14.8. The predicted molar refractivity (Wildman–Crippen MR) is 102 cm³/mol. The van der Waals surface area contributed by atoms with Gasteiger partial charge in [0.05, 0.1) is 5.39 Å². The number of hydrogen-bond acceptors (Lipinski definition) is 6. The van der Waals surface area contributed by atoms with Crippen LogP contribution < -0.4 is 15.6 Å². The highest BCUT2D eigenvalue weighted by Gasteiger charge is 2.19. The second-order valence-electron chi connectivity index (χ2n) is 6.52. The molecule has 144 valence electrons. The van der Waals surface area contributed by atoms with Crippen molar-refractivity contribution in [1.82, 2.24) is 19.9 Å². The summed E-state index contributed by atoms with van der Waals surface area (Å²) in [5, 5.41) is 12.8. The van der Waals surface area contributed by atoms with Crippen LogP contribution in [0.2, 0.25) is 0 Å². The number of carboxylic acids is 1. The topological polar surface area (TPSA) is 100 Å². The van der Waals surface area contributed by atoms with E-state index in [9.17, 15) is 19.1 Å². The van der Waals surface area contributed by atoms with Crippen molar-refractivity contribution in [3.63, 3.8) is 0 Å². The highest BCUT2D eigenvalue weighted by molar-refractivity contribution is 5.92. The Balaban J connectivity index is 1.94. The van der Waals surface area contributed by atoms with Gasteiger partial charge in [0.2, 0.25) is 11.4 Å². The summed E-state index contributed by atoms with van der Waals surface area (Å²) in [6.45, 7) is 3.20. The molecule has 0 radical (unpaired) electrons. The van der Waals surface area contributed by atoms with Crippen LogP contribution in [0.15, 0.2) is 41.5 Å². The molecule has 1 aliphatic rings. The molecule has 0 unspecified atom stereocenters. The third-order valence-corrected chi connectivity index (χ3v) is 4.69. The molecule has 0 bridgehead atoms. The van der Waals surface area contributed by atoms with Crippen LogP contribution in [0.1, 0.15) is 16.8 Å². The molecule has 1 saturated heterocycles. The number of halogens is 1. The van der Waals surface area contributed by atoms with E-state index >= 15 is 0 Å². The number of pyridine rings is 1. The zero-order valence-corrected chi connectivity index (χ0v) is 14.9. The maximum atomic E-state index is 13.3. The van der Waals surface area contributed by atoms with Gasteiger partial charge in [-0.05, 0) is 37.2 Å². The SMILES string of the molecule is O=C(O)c1cn(-c2ccc(F)cc2)c2nc(N3CCCNCC3)ncc2c1=O. The van der Waals surface area contributed by atoms with E-state index in [1.165, 1.54) is 41.2 Å². The quantitative estimate of drug-likeness (QED) is 0.705. The van der Waals surface area contributed by atoms with Crippen molar-refractivity contribution in [1.29, 1.82) is 0 Å². The summed E-state index contributed by atoms with van der Waals surface area (Å²) in [6.07, 6.45) is 3.52. The Bertz CT molecular complexity index is 1090. The van der Waals surface area contributed by atoms with E-state index in [2.05, 4.69) is 15.3 Å². The van der Waals surface area contributed by atoms with Gasteiger partial charge in [0, 0.05) is 37.7 Å². The number of benzene rings is 1. The van der Waals surface area contributed by atoms with Gasteiger partial charge in [0.15, 0.2) is 5.65 Å². The van der Waals surface area contributed by atoms with Crippen molar-refractivity contribution in [2.45, 2.75) is 6.42 Å². The molecule has 0 spiro atoms. The monoisotopic (exact) mass is 383 g/mol. The Hall–Kier alpha value is -3.33. The average molecular weight is 383 g/mol. The zero-order chi connectivity index (χ0) is 19.7. The van der Waals surface area contributed by atoms with Gasteiger partial charge >= 0.3 is 5.97 Å². The second-order valence-corrected chi connectivity index (χ2v) is 6.52. The van der Waals surface area contributed by atoms with Gasteiger partial charge < -0.3 is 19.9 Å². The van der Waals surface area contributed by atoms with E-state index in [1.807, 2.05) is 4.90 Å². The number of carbonyl (C=O) groups is 1. The molecular formula is C19H18FN5O3. The highest BCUT2D eigenvalue weighted by Crippen LogP contribution is 2.19. The average Bonchev–Trinajstić information content (AvgIpc) is 2.98. The molecule has 0 saturated carbocycles. The van der Waals surface area contributed by atoms with E-state index in [-0.39, 0.29) is 11.0 Å². The van der Waals surface area contributed by atoms with Crippen molar-refractivity contribution in [2.75, 3.05) is 31.1 Å². The third-order valence-electron chi connectivity index (χ3n) is 4.69. The molecule has 1 aliphatic heterocycles. The van der Waals surface area contributed by atoms with E-state index in [1.54, 1.807) is 0 Å². The summed E-state index contributed by atoms with van der Waals surface area (Å²) in [6, 6.07) is 5.54. The van der Waals surface area contributed by atoms with Gasteiger partial charge in [-0.25, -0.2) is 14.2 Å². The molecule has 2 N–H and O–H groups in total. The number of aromatic nitrogens is 3. The molecular weight excluding hydrogens is 365 g/mol. The third kappa shape index (κ3) is 3.31. The first kappa shape index (κ1) is 18.1. The number of fused-ring (bicyclic) bond motifs is 1. The molecule has 8 nitrogen and oxygen atoms in total. The van der Waals surface area contributed by atoms with Gasteiger partial charge in [0.1, 0.15) is 11.4 Å². The first-order valence-electron chi connectivity index (χ1n) is 8.92. The summed E-state index contributed by atoms with van der Waals surface area (Å²) in [4.78, 5) is 35.0. The molecule has 1 fully saturated rings. The van der Waals surface area contributed by atoms with Crippen LogP contribution >= 0.6 is 0 Å². The van der Waals surface area contributed by atoms with Gasteiger partial charge in [-0.15, -0.1) is 0 Å². The fourth-order valence-corrected chi connectivity index (χ4v) is 3.25. The van der Waals surface area contributed by atoms with E-state index in [4.69, 9.17) is 0 Å². The lowest BCUT2D eigenvalue weighted by Crippen LogP contribution is -2.30.